The van der Waals surface area contributed by atoms with E-state index < -0.39 is 10.0 Å². The molecule has 0 aromatic heterocycles. The van der Waals surface area contributed by atoms with Crippen molar-refractivity contribution in [1.29, 1.82) is 0 Å². The molecule has 1 N–H and O–H groups in total. The highest BCUT2D eigenvalue weighted by atomic mass is 32.2. The van der Waals surface area contributed by atoms with Gasteiger partial charge in [0.25, 0.3) is 0 Å². The molecule has 0 amide bonds. The summed E-state index contributed by atoms with van der Waals surface area (Å²) in [7, 11) is -1.56. The first kappa shape index (κ1) is 16.6. The molecular formula is C15H24N2O2S2. The van der Waals surface area contributed by atoms with Gasteiger partial charge in [0.1, 0.15) is 0 Å². The van der Waals surface area contributed by atoms with Crippen molar-refractivity contribution in [3.8, 4) is 0 Å². The zero-order chi connectivity index (χ0) is 15.6. The van der Waals surface area contributed by atoms with Gasteiger partial charge in [0.2, 0.25) is 10.0 Å². The number of nitrogens with one attached hydrogen (secondary N) is 1. The average Bonchev–Trinajstić information content (AvgIpc) is 2.46. The molecule has 1 saturated heterocycles. The normalized spacial score (nSPS) is 20.5. The van der Waals surface area contributed by atoms with E-state index in [1.54, 1.807) is 4.31 Å². The first-order valence-corrected chi connectivity index (χ1v) is 9.79. The van der Waals surface area contributed by atoms with E-state index in [-0.39, 0.29) is 0 Å². The number of benzene rings is 1. The van der Waals surface area contributed by atoms with Crippen LogP contribution in [-0.4, -0.2) is 43.9 Å². The third-order valence-corrected chi connectivity index (χ3v) is 7.45. The van der Waals surface area contributed by atoms with Gasteiger partial charge in [-0.05, 0) is 43.5 Å². The Balaban J connectivity index is 2.40. The lowest BCUT2D eigenvalue weighted by Gasteiger charge is -2.32. The van der Waals surface area contributed by atoms with Crippen LogP contribution in [0.25, 0.3) is 0 Å². The summed E-state index contributed by atoms with van der Waals surface area (Å²) in [5, 5.41) is 3.48. The van der Waals surface area contributed by atoms with E-state index in [2.05, 4.69) is 12.2 Å². The van der Waals surface area contributed by atoms with Gasteiger partial charge in [0.15, 0.2) is 0 Å². The van der Waals surface area contributed by atoms with Crippen LogP contribution in [0.5, 0.6) is 0 Å². The summed E-state index contributed by atoms with van der Waals surface area (Å²) >= 11 is 1.88. The van der Waals surface area contributed by atoms with Crippen molar-refractivity contribution in [1.82, 2.24) is 4.31 Å². The fourth-order valence-electron chi connectivity index (χ4n) is 2.79. The van der Waals surface area contributed by atoms with Crippen molar-refractivity contribution in [2.75, 3.05) is 31.2 Å². The second kappa shape index (κ2) is 6.58. The quantitative estimate of drug-likeness (QED) is 0.923. The minimum Gasteiger partial charge on any atom is -0.388 e. The second-order valence-corrected chi connectivity index (χ2v) is 8.74. The number of nitrogens with zero attached hydrogens (tertiary/aromatic N) is 1. The van der Waals surface area contributed by atoms with Gasteiger partial charge in [-0.3, -0.25) is 0 Å². The van der Waals surface area contributed by atoms with Crippen LogP contribution in [0, 0.1) is 13.8 Å². The number of sulfonamides is 1. The average molecular weight is 329 g/mol. The monoisotopic (exact) mass is 328 g/mol. The maximum Gasteiger partial charge on any atom is 0.243 e. The summed E-state index contributed by atoms with van der Waals surface area (Å²) in [6.07, 6.45) is 1.01. The molecule has 0 radical (unpaired) electrons. The van der Waals surface area contributed by atoms with E-state index in [0.29, 0.717) is 23.2 Å². The molecule has 118 valence electrons. The molecule has 1 heterocycles. The number of anilines is 1. The van der Waals surface area contributed by atoms with E-state index in [0.717, 1.165) is 29.0 Å². The first-order chi connectivity index (χ1) is 9.90. The van der Waals surface area contributed by atoms with Crippen molar-refractivity contribution in [3.63, 3.8) is 0 Å². The molecule has 6 heteroatoms. The highest BCUT2D eigenvalue weighted by Crippen LogP contribution is 2.30. The molecule has 1 aliphatic heterocycles. The predicted octanol–water partition coefficient (Wildman–Crippen LogP) is 2.86. The summed E-state index contributed by atoms with van der Waals surface area (Å²) in [6.45, 7) is 7.09. The summed E-state index contributed by atoms with van der Waals surface area (Å²) in [5.74, 6) is 0.879. The molecular weight excluding hydrogens is 304 g/mol. The Labute approximate surface area is 132 Å². The molecule has 0 saturated carbocycles. The maximum absolute atomic E-state index is 13.0. The van der Waals surface area contributed by atoms with E-state index >= 15 is 0 Å². The predicted molar refractivity (Wildman–Crippen MR) is 90.8 cm³/mol. The largest absolute Gasteiger partial charge is 0.388 e. The number of aryl methyl sites for hydroxylation is 2. The van der Waals surface area contributed by atoms with E-state index in [1.807, 2.05) is 44.8 Å². The van der Waals surface area contributed by atoms with Gasteiger partial charge in [-0.2, -0.15) is 16.1 Å². The van der Waals surface area contributed by atoms with E-state index in [4.69, 9.17) is 0 Å². The molecule has 1 aromatic rings. The van der Waals surface area contributed by atoms with Crippen LogP contribution in [0.15, 0.2) is 17.0 Å². The van der Waals surface area contributed by atoms with Crippen LogP contribution in [0.4, 0.5) is 5.69 Å². The smallest absolute Gasteiger partial charge is 0.243 e. The van der Waals surface area contributed by atoms with Crippen molar-refractivity contribution in [2.45, 2.75) is 37.3 Å². The topological polar surface area (TPSA) is 49.4 Å². The van der Waals surface area contributed by atoms with Gasteiger partial charge in [-0.1, -0.05) is 6.92 Å². The number of rotatable bonds is 4. The fourth-order valence-corrected chi connectivity index (χ4v) is 6.08. The third-order valence-electron chi connectivity index (χ3n) is 3.90. The van der Waals surface area contributed by atoms with E-state index in [9.17, 15) is 8.42 Å². The number of hydrogen-bond acceptors (Lipinski definition) is 4. The molecule has 4 nitrogen and oxygen atoms in total. The molecule has 1 atom stereocenters. The first-order valence-electron chi connectivity index (χ1n) is 7.31. The number of hydrogen-bond donors (Lipinski definition) is 1. The molecule has 21 heavy (non-hydrogen) atoms. The highest BCUT2D eigenvalue weighted by molar-refractivity contribution is 8.00. The molecule has 1 aliphatic rings. The standard InChI is InChI=1S/C15H24N2O2S2/c1-5-14-10-17(6-7-20-14)21(18,19)15-11(2)8-13(16-4)9-12(15)3/h8-9,14,16H,5-7,10H2,1-4H3. The van der Waals surface area contributed by atoms with Gasteiger partial charge in [-0.25, -0.2) is 8.42 Å². The Kier molecular flexibility index (Phi) is 5.22. The Morgan fingerprint density at radius 1 is 1.33 bits per heavy atom. The summed E-state index contributed by atoms with van der Waals surface area (Å²) in [4.78, 5) is 0.475. The zero-order valence-electron chi connectivity index (χ0n) is 13.1. The van der Waals surface area contributed by atoms with Crippen LogP contribution in [0.2, 0.25) is 0 Å². The molecule has 0 spiro atoms. The van der Waals surface area contributed by atoms with Crippen molar-refractivity contribution in [2.24, 2.45) is 0 Å². The Morgan fingerprint density at radius 2 is 1.95 bits per heavy atom. The molecule has 0 aliphatic carbocycles. The molecule has 0 bridgehead atoms. The SMILES string of the molecule is CCC1CN(S(=O)(=O)c2c(C)cc(NC)cc2C)CCS1. The van der Waals surface area contributed by atoms with Crippen LogP contribution in [-0.2, 0) is 10.0 Å². The van der Waals surface area contributed by atoms with Crippen LogP contribution in [0.3, 0.4) is 0 Å². The van der Waals surface area contributed by atoms with Gasteiger partial charge in [0, 0.05) is 36.8 Å². The fraction of sp³-hybridized carbons (Fsp3) is 0.600. The van der Waals surface area contributed by atoms with Gasteiger partial charge < -0.3 is 5.32 Å². The third kappa shape index (κ3) is 3.38. The lowest BCUT2D eigenvalue weighted by Crippen LogP contribution is -2.42. The van der Waals surface area contributed by atoms with Crippen LogP contribution in [0.1, 0.15) is 24.5 Å². The maximum atomic E-state index is 13.0. The molecule has 2 rings (SSSR count). The highest BCUT2D eigenvalue weighted by Gasteiger charge is 2.32. The molecule has 1 fully saturated rings. The van der Waals surface area contributed by atoms with Crippen molar-refractivity contribution >= 4 is 27.5 Å². The van der Waals surface area contributed by atoms with Crippen LogP contribution < -0.4 is 5.32 Å². The minimum atomic E-state index is -3.40. The van der Waals surface area contributed by atoms with Gasteiger partial charge in [0.05, 0.1) is 4.90 Å². The molecule has 1 aromatic carbocycles. The van der Waals surface area contributed by atoms with Gasteiger partial charge in [-0.15, -0.1) is 0 Å². The lowest BCUT2D eigenvalue weighted by molar-refractivity contribution is 0.415. The Hall–Kier alpha value is -0.720. The zero-order valence-corrected chi connectivity index (χ0v) is 14.8. The van der Waals surface area contributed by atoms with Crippen LogP contribution >= 0.6 is 11.8 Å². The van der Waals surface area contributed by atoms with Crippen molar-refractivity contribution in [3.05, 3.63) is 23.3 Å². The summed E-state index contributed by atoms with van der Waals surface area (Å²) < 4.78 is 27.6. The van der Waals surface area contributed by atoms with E-state index in [1.165, 1.54) is 0 Å². The lowest BCUT2D eigenvalue weighted by atomic mass is 10.1. The summed E-state index contributed by atoms with van der Waals surface area (Å²) in [5.41, 5.74) is 2.57. The summed E-state index contributed by atoms with van der Waals surface area (Å²) in [6, 6.07) is 3.80. The minimum absolute atomic E-state index is 0.408. The number of thioether (sulfide) groups is 1. The van der Waals surface area contributed by atoms with Gasteiger partial charge >= 0.3 is 0 Å². The Bertz CT molecular complexity index is 591. The molecule has 1 unspecified atom stereocenters. The Morgan fingerprint density at radius 3 is 2.48 bits per heavy atom. The van der Waals surface area contributed by atoms with Crippen molar-refractivity contribution < 1.29 is 8.42 Å². The second-order valence-electron chi connectivity index (χ2n) is 5.45.